The monoisotopic (exact) mass is 411 g/mol. The molecule has 0 spiro atoms. The van der Waals surface area contributed by atoms with Crippen molar-refractivity contribution in [3.8, 4) is 0 Å². The zero-order valence-corrected chi connectivity index (χ0v) is 14.6. The van der Waals surface area contributed by atoms with Crippen LogP contribution in [0.25, 0.3) is 11.2 Å². The van der Waals surface area contributed by atoms with Crippen LogP contribution >= 0.6 is 11.8 Å². The second-order valence-corrected chi connectivity index (χ2v) is 6.77. The van der Waals surface area contributed by atoms with E-state index in [1.54, 1.807) is 0 Å². The number of imidazole rings is 1. The van der Waals surface area contributed by atoms with Crippen molar-refractivity contribution in [2.75, 3.05) is 6.61 Å². The Morgan fingerprint density at radius 2 is 2.00 bits per heavy atom. The molecule has 0 radical (unpaired) electrons. The molecular weight excluding hydrogens is 398 g/mol. The number of H-pyrrole nitrogens is 3. The number of nitrogens with one attached hydrogen (secondary N) is 3. The van der Waals surface area contributed by atoms with Crippen molar-refractivity contribution in [2.24, 2.45) is 0 Å². The molecule has 28 heavy (non-hydrogen) atoms. The maximum atomic E-state index is 12.1. The van der Waals surface area contributed by atoms with E-state index in [1.807, 2.05) is 4.98 Å². The van der Waals surface area contributed by atoms with E-state index in [2.05, 4.69) is 25.1 Å². The first-order valence-corrected chi connectivity index (χ1v) is 8.67. The minimum absolute atomic E-state index is 0.0147. The van der Waals surface area contributed by atoms with Gasteiger partial charge in [-0.15, -0.1) is 0 Å². The van der Waals surface area contributed by atoms with Gasteiger partial charge in [0.25, 0.3) is 11.1 Å². The lowest BCUT2D eigenvalue weighted by Gasteiger charge is -2.18. The van der Waals surface area contributed by atoms with E-state index in [4.69, 9.17) is 4.74 Å². The van der Waals surface area contributed by atoms with E-state index in [0.29, 0.717) is 11.8 Å². The van der Waals surface area contributed by atoms with Gasteiger partial charge in [0.1, 0.15) is 18.3 Å². The fourth-order valence-corrected chi connectivity index (χ4v) is 3.62. The third-order valence-electron chi connectivity index (χ3n) is 4.09. The van der Waals surface area contributed by atoms with Crippen LogP contribution in [0.4, 0.5) is 0 Å². The molecule has 0 aliphatic carbocycles. The number of hydrogen-bond acceptors (Lipinski definition) is 11. The number of aromatic amines is 3. The normalized spacial score (nSPS) is 24.8. The van der Waals surface area contributed by atoms with E-state index in [0.717, 1.165) is 6.33 Å². The Morgan fingerprint density at radius 1 is 1.21 bits per heavy atom. The van der Waals surface area contributed by atoms with Crippen molar-refractivity contribution in [2.45, 2.75) is 34.7 Å². The zero-order chi connectivity index (χ0) is 20.0. The summed E-state index contributed by atoms with van der Waals surface area (Å²) >= 11 is 0.682. The molecule has 0 bridgehead atoms. The summed E-state index contributed by atoms with van der Waals surface area (Å²) in [6.07, 6.45) is -4.09. The number of fused-ring (bicyclic) bond motifs is 1. The first-order chi connectivity index (χ1) is 13.4. The molecule has 1 saturated heterocycles. The van der Waals surface area contributed by atoms with Crippen molar-refractivity contribution < 1.29 is 20.1 Å². The number of hydrogen-bond donors (Lipinski definition) is 6. The first kappa shape index (κ1) is 18.5. The smallest absolute Gasteiger partial charge is 0.342 e. The summed E-state index contributed by atoms with van der Waals surface area (Å²) < 4.78 is 6.71. The molecular formula is C13H13N7O7S. The maximum Gasteiger partial charge on any atom is 0.342 e. The molecule has 3 aromatic heterocycles. The van der Waals surface area contributed by atoms with Crippen LogP contribution in [-0.4, -0.2) is 74.9 Å². The van der Waals surface area contributed by atoms with Crippen molar-refractivity contribution >= 4 is 22.9 Å². The first-order valence-electron chi connectivity index (χ1n) is 7.85. The minimum Gasteiger partial charge on any atom is -0.394 e. The summed E-state index contributed by atoms with van der Waals surface area (Å²) in [5.74, 6) is 0. The molecule has 4 rings (SSSR count). The molecule has 0 saturated carbocycles. The van der Waals surface area contributed by atoms with Gasteiger partial charge in [-0.05, 0) is 11.8 Å². The number of rotatable bonds is 4. The summed E-state index contributed by atoms with van der Waals surface area (Å²) in [7, 11) is 0. The largest absolute Gasteiger partial charge is 0.394 e. The molecule has 4 heterocycles. The van der Waals surface area contributed by atoms with E-state index < -0.39 is 48.0 Å². The number of aliphatic hydroxyl groups excluding tert-OH is 3. The molecule has 1 aliphatic rings. The van der Waals surface area contributed by atoms with E-state index in [9.17, 15) is 29.7 Å². The lowest BCUT2D eigenvalue weighted by Crippen LogP contribution is -2.33. The van der Waals surface area contributed by atoms with Crippen LogP contribution in [0.5, 0.6) is 0 Å². The Balaban J connectivity index is 1.88. The van der Waals surface area contributed by atoms with Gasteiger partial charge in [0.15, 0.2) is 27.6 Å². The number of ether oxygens (including phenoxy) is 1. The van der Waals surface area contributed by atoms with Crippen LogP contribution < -0.4 is 16.8 Å². The van der Waals surface area contributed by atoms with Gasteiger partial charge in [-0.25, -0.2) is 19.9 Å². The minimum atomic E-state index is -1.48. The third kappa shape index (κ3) is 2.94. The molecule has 1 fully saturated rings. The van der Waals surface area contributed by atoms with Gasteiger partial charge in [0.2, 0.25) is 0 Å². The number of nitrogens with zero attached hydrogens (tertiary/aromatic N) is 4. The van der Waals surface area contributed by atoms with Gasteiger partial charge in [-0.3, -0.25) is 19.1 Å². The van der Waals surface area contributed by atoms with Crippen molar-refractivity contribution in [3.63, 3.8) is 0 Å². The van der Waals surface area contributed by atoms with Crippen LogP contribution in [0.3, 0.4) is 0 Å². The van der Waals surface area contributed by atoms with Gasteiger partial charge in [-0.1, -0.05) is 0 Å². The molecule has 6 N–H and O–H groups in total. The standard InChI is InChI=1S/C13H13N7O7S/c21-1-3-5(22)6(23)11(27-3)20-7-4(8(24)15-2-14-7)16-13(20)28-10-9(25)17-12(26)19-18-10/h2-3,5-6,11,21-23H,1H2,(H,14,15,24)(H2,17,19,25,26)/t3-,5+,6+,11-/m0/s1. The highest BCUT2D eigenvalue weighted by atomic mass is 32.2. The highest BCUT2D eigenvalue weighted by Crippen LogP contribution is 2.35. The van der Waals surface area contributed by atoms with Crippen molar-refractivity contribution in [3.05, 3.63) is 37.5 Å². The summed E-state index contributed by atoms with van der Waals surface area (Å²) in [5.41, 5.74) is -2.27. The van der Waals surface area contributed by atoms with Gasteiger partial charge >= 0.3 is 5.69 Å². The van der Waals surface area contributed by atoms with Crippen LogP contribution in [0.15, 0.2) is 30.9 Å². The van der Waals surface area contributed by atoms with Crippen molar-refractivity contribution in [1.29, 1.82) is 0 Å². The van der Waals surface area contributed by atoms with Crippen molar-refractivity contribution in [1.82, 2.24) is 34.7 Å². The lowest BCUT2D eigenvalue weighted by molar-refractivity contribution is -0.0548. The van der Waals surface area contributed by atoms with Crippen LogP contribution in [0, 0.1) is 0 Å². The highest BCUT2D eigenvalue weighted by Gasteiger charge is 2.45. The molecule has 148 valence electrons. The molecule has 0 amide bonds. The Morgan fingerprint density at radius 3 is 2.68 bits per heavy atom. The predicted molar refractivity (Wildman–Crippen MR) is 90.8 cm³/mol. The van der Waals surface area contributed by atoms with E-state index in [-0.39, 0.29) is 21.3 Å². The average Bonchev–Trinajstić information content (AvgIpc) is 3.16. The van der Waals surface area contributed by atoms with Crippen LogP contribution in [0.1, 0.15) is 6.23 Å². The molecule has 1 aliphatic heterocycles. The van der Waals surface area contributed by atoms with Crippen LogP contribution in [0.2, 0.25) is 0 Å². The fraction of sp³-hybridized carbons (Fsp3) is 0.385. The average molecular weight is 411 g/mol. The Kier molecular flexibility index (Phi) is 4.60. The molecule has 14 nitrogen and oxygen atoms in total. The zero-order valence-electron chi connectivity index (χ0n) is 13.8. The lowest BCUT2D eigenvalue weighted by atomic mass is 10.1. The summed E-state index contributed by atoms with van der Waals surface area (Å²) in [4.78, 5) is 47.7. The molecule has 15 heteroatoms. The van der Waals surface area contributed by atoms with Gasteiger partial charge in [0, 0.05) is 0 Å². The second-order valence-electron chi connectivity index (χ2n) is 5.81. The third-order valence-corrected chi connectivity index (χ3v) is 5.03. The summed E-state index contributed by atoms with van der Waals surface area (Å²) in [6.45, 7) is -0.557. The highest BCUT2D eigenvalue weighted by molar-refractivity contribution is 7.99. The number of aliphatic hydroxyl groups is 3. The van der Waals surface area contributed by atoms with Crippen LogP contribution in [-0.2, 0) is 4.74 Å². The van der Waals surface area contributed by atoms with E-state index in [1.165, 1.54) is 4.57 Å². The summed E-state index contributed by atoms with van der Waals surface area (Å²) in [5, 5.41) is 35.2. The molecule has 3 aromatic rings. The van der Waals surface area contributed by atoms with Gasteiger partial charge < -0.3 is 25.0 Å². The van der Waals surface area contributed by atoms with Gasteiger partial charge in [-0.2, -0.15) is 5.10 Å². The fourth-order valence-electron chi connectivity index (χ4n) is 2.79. The molecule has 0 unspecified atom stereocenters. The summed E-state index contributed by atoms with van der Waals surface area (Å²) in [6, 6.07) is 0. The quantitative estimate of drug-likeness (QED) is 0.249. The Hall–Kier alpha value is -2.85. The maximum absolute atomic E-state index is 12.1. The topological polar surface area (TPSA) is 212 Å². The molecule has 4 atom stereocenters. The number of aromatic nitrogens is 7. The predicted octanol–water partition coefficient (Wildman–Crippen LogP) is -3.35. The Bertz CT molecular complexity index is 1200. The Labute approximate surface area is 157 Å². The molecule has 0 aromatic carbocycles. The SMILES string of the molecule is O=c1[nH]nc(Sc2nc3c(=O)[nH]cnc3n2[C@H]2O[C@@H](CO)[C@@H](O)[C@H]2O)c(=O)[nH]1. The van der Waals surface area contributed by atoms with Gasteiger partial charge in [0.05, 0.1) is 12.9 Å². The second kappa shape index (κ2) is 6.95. The van der Waals surface area contributed by atoms with E-state index >= 15 is 0 Å².